The molecule has 1 saturated heterocycles. The van der Waals surface area contributed by atoms with Crippen LogP contribution in [0.5, 0.6) is 0 Å². The summed E-state index contributed by atoms with van der Waals surface area (Å²) >= 11 is 3.56. The number of fused-ring (bicyclic) bond motifs is 1. The third-order valence-electron chi connectivity index (χ3n) is 7.86. The molecule has 1 unspecified atom stereocenters. The summed E-state index contributed by atoms with van der Waals surface area (Å²) in [4.78, 5) is 0.199. The maximum Gasteiger partial charge on any atom is 0.284 e. The van der Waals surface area contributed by atoms with E-state index in [9.17, 15) is 8.42 Å². The number of aromatic nitrogens is 1. The first-order valence-electron chi connectivity index (χ1n) is 13.8. The summed E-state index contributed by atoms with van der Waals surface area (Å²) in [6.45, 7) is 7.62. The van der Waals surface area contributed by atoms with Gasteiger partial charge < -0.3 is 4.57 Å². The van der Waals surface area contributed by atoms with Crippen LogP contribution in [0.2, 0.25) is 0 Å². The van der Waals surface area contributed by atoms with Crippen LogP contribution >= 0.6 is 23.3 Å². The summed E-state index contributed by atoms with van der Waals surface area (Å²) < 4.78 is 41.1. The fourth-order valence-electron chi connectivity index (χ4n) is 5.87. The van der Waals surface area contributed by atoms with Crippen molar-refractivity contribution in [1.82, 2.24) is 9.24 Å². The van der Waals surface area contributed by atoms with Crippen molar-refractivity contribution in [2.45, 2.75) is 44.9 Å². The number of sulfonamides is 1. The maximum absolute atomic E-state index is 14.3. The fraction of sp³-hybridized carbons (Fsp3) is 0.258. The van der Waals surface area contributed by atoms with E-state index in [1.54, 1.807) is 12.1 Å². The molecule has 1 aromatic heterocycles. The van der Waals surface area contributed by atoms with Crippen LogP contribution in [-0.2, 0) is 10.0 Å². The number of hydrazone groups is 1. The highest BCUT2D eigenvalue weighted by molar-refractivity contribution is 9.10. The number of halogens is 1. The van der Waals surface area contributed by atoms with Crippen molar-refractivity contribution in [1.29, 1.82) is 0 Å². The van der Waals surface area contributed by atoms with Gasteiger partial charge in [0.1, 0.15) is 0 Å². The van der Waals surface area contributed by atoms with E-state index in [-0.39, 0.29) is 4.90 Å². The number of aryl methyl sites for hydroxylation is 1. The number of para-hydroxylation sites is 1. The number of piperidine rings is 1. The van der Waals surface area contributed by atoms with Crippen LogP contribution in [0.4, 0.5) is 5.69 Å². The standard InChI is InChI=1S/C31H33BrN5O2PS/c1-23-12-18-29(19-13-23)41(38,39)34-40(35-20-8-5-9-21-35)31-25(3)36(27-16-14-26(32)15-17-27)24(2)30(31)22-33-37(40)28-10-6-4-7-11-28/h4,6-7,10-19,22H,5,8-9,20-21H2,1-3H3. The largest absolute Gasteiger partial charge is 0.317 e. The lowest BCUT2D eigenvalue weighted by Gasteiger charge is -2.45. The lowest BCUT2D eigenvalue weighted by molar-refractivity contribution is 0.367. The maximum atomic E-state index is 14.3. The highest BCUT2D eigenvalue weighted by Gasteiger charge is 2.46. The molecule has 6 rings (SSSR count). The Morgan fingerprint density at radius 2 is 1.46 bits per heavy atom. The SMILES string of the molecule is Cc1ccc(S(=O)(=O)N=P2(N3CCCCC3)c3c(c(C)n(-c4ccc(Br)cc4)c3C)C=NN2c2ccccc2)cc1. The zero-order valence-corrected chi connectivity index (χ0v) is 26.7. The second-order valence-corrected chi connectivity index (χ2v) is 16.1. The van der Waals surface area contributed by atoms with Crippen LogP contribution in [0, 0.1) is 20.8 Å². The lowest BCUT2D eigenvalue weighted by Crippen LogP contribution is -2.41. The number of nitrogens with zero attached hydrogens (tertiary/aromatic N) is 5. The zero-order valence-electron chi connectivity index (χ0n) is 23.4. The highest BCUT2D eigenvalue weighted by Crippen LogP contribution is 2.62. The normalized spacial score (nSPS) is 19.3. The van der Waals surface area contributed by atoms with Gasteiger partial charge in [0.05, 0.1) is 22.1 Å². The molecule has 1 atom stereocenters. The molecule has 0 N–H and O–H groups in total. The summed E-state index contributed by atoms with van der Waals surface area (Å²) in [5, 5.41) is 5.97. The van der Waals surface area contributed by atoms with Gasteiger partial charge in [-0.1, -0.05) is 58.2 Å². The summed E-state index contributed by atoms with van der Waals surface area (Å²) in [5.41, 5.74) is 5.77. The molecular formula is C31H33BrN5O2PS. The minimum atomic E-state index is -4.06. The molecule has 0 amide bonds. The van der Waals surface area contributed by atoms with E-state index in [0.717, 1.165) is 76.0 Å². The van der Waals surface area contributed by atoms with Gasteiger partial charge in [-0.05, 0) is 82.1 Å². The van der Waals surface area contributed by atoms with Gasteiger partial charge in [-0.15, -0.1) is 4.15 Å². The van der Waals surface area contributed by atoms with E-state index in [2.05, 4.69) is 51.1 Å². The molecule has 10 heteroatoms. The first-order chi connectivity index (χ1) is 19.7. The van der Waals surface area contributed by atoms with E-state index < -0.39 is 17.4 Å². The van der Waals surface area contributed by atoms with Gasteiger partial charge in [0.2, 0.25) is 0 Å². The number of hydrogen-bond donors (Lipinski definition) is 0. The molecule has 212 valence electrons. The molecule has 2 aliphatic rings. The monoisotopic (exact) mass is 649 g/mol. The van der Waals surface area contributed by atoms with Crippen LogP contribution in [0.15, 0.2) is 97.5 Å². The average Bonchev–Trinajstić information content (AvgIpc) is 3.24. The van der Waals surface area contributed by atoms with Crippen LogP contribution in [0.25, 0.3) is 5.69 Å². The molecule has 41 heavy (non-hydrogen) atoms. The third-order valence-corrected chi connectivity index (χ3v) is 14.2. The van der Waals surface area contributed by atoms with Crippen LogP contribution in [-0.4, -0.2) is 37.0 Å². The number of anilines is 1. The van der Waals surface area contributed by atoms with Gasteiger partial charge in [-0.3, -0.25) is 0 Å². The molecule has 0 bridgehead atoms. The second-order valence-electron chi connectivity index (χ2n) is 10.6. The van der Waals surface area contributed by atoms with Gasteiger partial charge in [-0.25, -0.2) is 9.45 Å². The van der Waals surface area contributed by atoms with Crippen LogP contribution in [0.3, 0.4) is 0 Å². The van der Waals surface area contributed by atoms with Crippen molar-refractivity contribution in [3.05, 3.63) is 106 Å². The molecule has 0 aliphatic carbocycles. The van der Waals surface area contributed by atoms with E-state index in [4.69, 9.17) is 9.25 Å². The Hall–Kier alpha value is -2.97. The highest BCUT2D eigenvalue weighted by atomic mass is 79.9. The average molecular weight is 651 g/mol. The molecule has 0 radical (unpaired) electrons. The Bertz CT molecular complexity index is 1780. The Kier molecular flexibility index (Phi) is 7.57. The number of hydrogen-bond acceptors (Lipinski definition) is 3. The number of rotatable bonds is 5. The van der Waals surface area contributed by atoms with E-state index in [0.29, 0.717) is 0 Å². The molecule has 7 nitrogen and oxygen atoms in total. The predicted molar refractivity (Wildman–Crippen MR) is 172 cm³/mol. The predicted octanol–water partition coefficient (Wildman–Crippen LogP) is 7.55. The minimum absolute atomic E-state index is 0.199. The molecule has 2 aliphatic heterocycles. The summed E-state index contributed by atoms with van der Waals surface area (Å²) in [6, 6.07) is 25.0. The van der Waals surface area contributed by atoms with Gasteiger partial charge in [-0.2, -0.15) is 13.5 Å². The molecule has 4 aromatic rings. The van der Waals surface area contributed by atoms with Gasteiger partial charge in [0.15, 0.2) is 7.36 Å². The van der Waals surface area contributed by atoms with E-state index >= 15 is 0 Å². The van der Waals surface area contributed by atoms with Crippen molar-refractivity contribution in [3.63, 3.8) is 0 Å². The molecule has 3 aromatic carbocycles. The number of benzene rings is 3. The molecule has 1 fully saturated rings. The summed E-state index contributed by atoms with van der Waals surface area (Å²) in [6.07, 6.45) is 4.96. The lowest BCUT2D eigenvalue weighted by atomic mass is 10.2. The minimum Gasteiger partial charge on any atom is -0.317 e. The van der Waals surface area contributed by atoms with Crippen LogP contribution in [0.1, 0.15) is 41.8 Å². The Morgan fingerprint density at radius 1 is 0.805 bits per heavy atom. The molecule has 0 spiro atoms. The topological polar surface area (TPSA) is 70.3 Å². The smallest absolute Gasteiger partial charge is 0.284 e. The van der Waals surface area contributed by atoms with Crippen molar-refractivity contribution in [3.8, 4) is 5.69 Å². The van der Waals surface area contributed by atoms with Crippen molar-refractivity contribution >= 4 is 50.5 Å². The van der Waals surface area contributed by atoms with Gasteiger partial charge in [0.25, 0.3) is 10.0 Å². The Labute approximate surface area is 250 Å². The molecule has 3 heterocycles. The van der Waals surface area contributed by atoms with Crippen molar-refractivity contribution in [2.24, 2.45) is 9.25 Å². The van der Waals surface area contributed by atoms with Crippen LogP contribution < -0.4 is 10.1 Å². The van der Waals surface area contributed by atoms with Gasteiger partial charge in [0, 0.05) is 40.2 Å². The first kappa shape index (κ1) is 28.2. The van der Waals surface area contributed by atoms with Crippen molar-refractivity contribution < 1.29 is 8.42 Å². The molecule has 0 saturated carbocycles. The van der Waals surface area contributed by atoms with Crippen molar-refractivity contribution in [2.75, 3.05) is 17.9 Å². The fourth-order valence-corrected chi connectivity index (χ4v) is 12.5. The van der Waals surface area contributed by atoms with E-state index in [1.165, 1.54) is 0 Å². The second kappa shape index (κ2) is 11.0. The third kappa shape index (κ3) is 4.93. The zero-order chi connectivity index (χ0) is 28.8. The Morgan fingerprint density at radius 3 is 2.12 bits per heavy atom. The first-order valence-corrected chi connectivity index (χ1v) is 17.7. The van der Waals surface area contributed by atoms with E-state index in [1.807, 2.05) is 72.5 Å². The summed E-state index contributed by atoms with van der Waals surface area (Å²) in [5.74, 6) is 0. The Balaban J connectivity index is 1.72. The molecular weight excluding hydrogens is 617 g/mol. The quantitative estimate of drug-likeness (QED) is 0.209. The summed E-state index contributed by atoms with van der Waals surface area (Å²) in [7, 11) is -7.24. The van der Waals surface area contributed by atoms with Gasteiger partial charge >= 0.3 is 0 Å².